The van der Waals surface area contributed by atoms with E-state index in [1.165, 1.54) is 64.9 Å². The fourth-order valence-corrected chi connectivity index (χ4v) is 11.3. The van der Waals surface area contributed by atoms with Crippen LogP contribution in [-0.4, -0.2) is 19.5 Å². The topological polar surface area (TPSA) is 43.6 Å². The molecule has 0 fully saturated rings. The van der Waals surface area contributed by atoms with Crippen molar-refractivity contribution in [3.05, 3.63) is 229 Å². The summed E-state index contributed by atoms with van der Waals surface area (Å²) >= 11 is 1.88. The smallest absolute Gasteiger partial charge is 0.238 e. The highest BCUT2D eigenvalue weighted by Crippen LogP contribution is 2.62. The summed E-state index contributed by atoms with van der Waals surface area (Å²) in [5.41, 5.74) is 13.9. The SMILES string of the molecule is c1ccc(-c2nc(-c3ccccc3)nc(-n3c4ccc(-c5ccc6c(c5)-c5ccccc5C65c6ccccc6Sc6ccccc65)cc4c4c5ccccc5ccc43)n2)cc1. The predicted molar refractivity (Wildman–Crippen MR) is 249 cm³/mol. The number of hydrogen-bond donors (Lipinski definition) is 0. The Morgan fingerprint density at radius 3 is 1.66 bits per heavy atom. The number of nitrogens with zero attached hydrogens (tertiary/aromatic N) is 4. The van der Waals surface area contributed by atoms with Gasteiger partial charge in [-0.15, -0.1) is 0 Å². The van der Waals surface area contributed by atoms with Crippen LogP contribution >= 0.6 is 11.8 Å². The molecule has 9 aromatic carbocycles. The first-order valence-electron chi connectivity index (χ1n) is 20.7. The molecule has 1 aliphatic carbocycles. The van der Waals surface area contributed by atoms with Crippen LogP contribution in [0.1, 0.15) is 22.3 Å². The van der Waals surface area contributed by atoms with Crippen LogP contribution in [0.15, 0.2) is 216 Å². The van der Waals surface area contributed by atoms with Gasteiger partial charge in [-0.25, -0.2) is 4.98 Å². The Labute approximate surface area is 356 Å². The summed E-state index contributed by atoms with van der Waals surface area (Å²) in [5, 5.41) is 4.71. The highest BCUT2D eigenvalue weighted by Gasteiger charge is 2.50. The second kappa shape index (κ2) is 13.2. The number of aromatic nitrogens is 4. The first-order valence-corrected chi connectivity index (χ1v) is 21.5. The third-order valence-electron chi connectivity index (χ3n) is 12.7. The van der Waals surface area contributed by atoms with E-state index in [9.17, 15) is 0 Å². The maximum atomic E-state index is 5.21. The van der Waals surface area contributed by atoms with Crippen molar-refractivity contribution in [1.82, 2.24) is 19.5 Å². The molecule has 1 spiro atoms. The van der Waals surface area contributed by atoms with Gasteiger partial charge in [0.25, 0.3) is 0 Å². The van der Waals surface area contributed by atoms with Gasteiger partial charge in [0, 0.05) is 31.7 Å². The van der Waals surface area contributed by atoms with Gasteiger partial charge >= 0.3 is 0 Å². The average molecular weight is 795 g/mol. The molecule has 0 unspecified atom stereocenters. The second-order valence-electron chi connectivity index (χ2n) is 15.9. The summed E-state index contributed by atoms with van der Waals surface area (Å²) in [6.07, 6.45) is 0. The minimum absolute atomic E-state index is 0.402. The summed E-state index contributed by atoms with van der Waals surface area (Å²) in [6, 6.07) is 74.5. The Balaban J connectivity index is 1.05. The molecular formula is C56H34N4S. The molecule has 5 heteroatoms. The van der Waals surface area contributed by atoms with Crippen LogP contribution in [0, 0.1) is 0 Å². The molecule has 1 aliphatic heterocycles. The number of benzene rings is 9. The normalized spacial score (nSPS) is 13.3. The maximum absolute atomic E-state index is 5.21. The van der Waals surface area contributed by atoms with E-state index in [0.717, 1.165) is 33.1 Å². The lowest BCUT2D eigenvalue weighted by Gasteiger charge is -2.39. The number of fused-ring (bicyclic) bond motifs is 14. The van der Waals surface area contributed by atoms with E-state index < -0.39 is 5.41 Å². The predicted octanol–water partition coefficient (Wildman–Crippen LogP) is 14.0. The van der Waals surface area contributed by atoms with Gasteiger partial charge in [0.1, 0.15) is 0 Å². The van der Waals surface area contributed by atoms with Crippen molar-refractivity contribution < 1.29 is 0 Å². The third kappa shape index (κ3) is 4.99. The molecule has 0 saturated heterocycles. The number of rotatable bonds is 4. The van der Waals surface area contributed by atoms with Gasteiger partial charge in [-0.2, -0.15) is 9.97 Å². The fraction of sp³-hybridized carbons (Fsp3) is 0.0179. The Morgan fingerprint density at radius 2 is 0.934 bits per heavy atom. The maximum Gasteiger partial charge on any atom is 0.238 e. The molecule has 0 N–H and O–H groups in total. The standard InChI is InChI=1S/C56H34N4S/c1-3-16-36(17-4-1)53-57-54(37-18-5-2-6-19-37)59-55(58-53)60-48-31-29-39(34-43(48)52-40-20-8-7-15-35(40)28-32-49(52)60)38-27-30-45-42(33-38)41-21-9-10-22-44(41)56(45)46-23-11-13-25-50(46)61-51-26-14-12-24-47(51)56/h1-34H. The van der Waals surface area contributed by atoms with Gasteiger partial charge in [-0.05, 0) is 91.7 Å². The van der Waals surface area contributed by atoms with Crippen LogP contribution in [0.4, 0.5) is 0 Å². The zero-order valence-corrected chi connectivity index (χ0v) is 33.6. The van der Waals surface area contributed by atoms with Gasteiger partial charge < -0.3 is 0 Å². The highest BCUT2D eigenvalue weighted by molar-refractivity contribution is 7.99. The summed E-state index contributed by atoms with van der Waals surface area (Å²) < 4.78 is 2.22. The zero-order valence-electron chi connectivity index (χ0n) is 32.8. The molecule has 0 saturated carbocycles. The van der Waals surface area contributed by atoms with E-state index in [4.69, 9.17) is 15.0 Å². The largest absolute Gasteiger partial charge is 0.278 e. The first kappa shape index (κ1) is 34.3. The van der Waals surface area contributed by atoms with E-state index in [0.29, 0.717) is 17.6 Å². The van der Waals surface area contributed by atoms with Gasteiger partial charge in [0.2, 0.25) is 5.95 Å². The van der Waals surface area contributed by atoms with Crippen LogP contribution in [0.3, 0.4) is 0 Å². The summed E-state index contributed by atoms with van der Waals surface area (Å²) in [6.45, 7) is 0. The Morgan fingerprint density at radius 1 is 0.377 bits per heavy atom. The van der Waals surface area contributed by atoms with E-state index in [2.05, 4.69) is 174 Å². The average Bonchev–Trinajstić information content (AvgIpc) is 3.82. The summed E-state index contributed by atoms with van der Waals surface area (Å²) in [5.74, 6) is 1.85. The molecule has 4 nitrogen and oxygen atoms in total. The van der Waals surface area contributed by atoms with Crippen LogP contribution in [0.5, 0.6) is 0 Å². The van der Waals surface area contributed by atoms with E-state index in [1.54, 1.807) is 0 Å². The molecule has 3 heterocycles. The Hall–Kier alpha value is -7.60. The molecule has 0 amide bonds. The van der Waals surface area contributed by atoms with Gasteiger partial charge in [-0.1, -0.05) is 182 Å². The van der Waals surface area contributed by atoms with Crippen LogP contribution < -0.4 is 0 Å². The van der Waals surface area contributed by atoms with Crippen LogP contribution in [0.25, 0.3) is 83.6 Å². The molecule has 13 rings (SSSR count). The summed E-state index contributed by atoms with van der Waals surface area (Å²) in [4.78, 5) is 18.0. The van der Waals surface area contributed by atoms with Crippen molar-refractivity contribution in [1.29, 1.82) is 0 Å². The summed E-state index contributed by atoms with van der Waals surface area (Å²) in [7, 11) is 0. The highest BCUT2D eigenvalue weighted by atomic mass is 32.2. The minimum atomic E-state index is -0.402. The molecule has 61 heavy (non-hydrogen) atoms. The van der Waals surface area contributed by atoms with Crippen molar-refractivity contribution >= 4 is 44.3 Å². The van der Waals surface area contributed by atoms with Gasteiger partial charge in [0.15, 0.2) is 11.6 Å². The molecular weight excluding hydrogens is 761 g/mol. The van der Waals surface area contributed by atoms with Crippen LogP contribution in [-0.2, 0) is 5.41 Å². The van der Waals surface area contributed by atoms with E-state index >= 15 is 0 Å². The Kier molecular flexibility index (Phi) is 7.42. The second-order valence-corrected chi connectivity index (χ2v) is 17.0. The lowest BCUT2D eigenvalue weighted by atomic mass is 9.67. The molecule has 11 aromatic rings. The molecule has 2 aromatic heterocycles. The van der Waals surface area contributed by atoms with E-state index in [-0.39, 0.29) is 0 Å². The molecule has 2 aliphatic rings. The molecule has 0 radical (unpaired) electrons. The van der Waals surface area contributed by atoms with Crippen molar-refractivity contribution in [3.8, 4) is 51.0 Å². The zero-order chi connectivity index (χ0) is 40.1. The molecule has 0 bridgehead atoms. The lowest BCUT2D eigenvalue weighted by molar-refractivity contribution is 0.722. The monoisotopic (exact) mass is 794 g/mol. The van der Waals surface area contributed by atoms with Crippen molar-refractivity contribution in [2.45, 2.75) is 15.2 Å². The quantitative estimate of drug-likeness (QED) is 0.178. The van der Waals surface area contributed by atoms with Crippen molar-refractivity contribution in [3.63, 3.8) is 0 Å². The third-order valence-corrected chi connectivity index (χ3v) is 13.9. The lowest BCUT2D eigenvalue weighted by Crippen LogP contribution is -2.31. The van der Waals surface area contributed by atoms with Crippen molar-refractivity contribution in [2.75, 3.05) is 0 Å². The van der Waals surface area contributed by atoms with Gasteiger partial charge in [0.05, 0.1) is 16.4 Å². The van der Waals surface area contributed by atoms with Gasteiger partial charge in [-0.3, -0.25) is 4.57 Å². The minimum Gasteiger partial charge on any atom is -0.278 e. The molecule has 0 atom stereocenters. The number of hydrogen-bond acceptors (Lipinski definition) is 4. The van der Waals surface area contributed by atoms with Crippen molar-refractivity contribution in [2.24, 2.45) is 0 Å². The molecule has 284 valence electrons. The first-order chi connectivity index (χ1) is 30.2. The van der Waals surface area contributed by atoms with E-state index in [1.807, 2.05) is 48.2 Å². The fourth-order valence-electron chi connectivity index (χ4n) is 10.1. The Bertz CT molecular complexity index is 3470. The van der Waals surface area contributed by atoms with Crippen LogP contribution in [0.2, 0.25) is 0 Å².